The van der Waals surface area contributed by atoms with Crippen LogP contribution in [0.2, 0.25) is 0 Å². The number of aromatic nitrogens is 3. The summed E-state index contributed by atoms with van der Waals surface area (Å²) in [4.78, 5) is 4.88. The van der Waals surface area contributed by atoms with Gasteiger partial charge in [-0.1, -0.05) is 56.3 Å². The fraction of sp³-hybridized carbons (Fsp3) is 0.200. The molecule has 3 aromatic carbocycles. The summed E-state index contributed by atoms with van der Waals surface area (Å²) in [6.45, 7) is 6.59. The van der Waals surface area contributed by atoms with E-state index in [1.165, 1.54) is 11.1 Å². The monoisotopic (exact) mass is 446 g/mol. The largest absolute Gasteiger partial charge is 0.437 e. The lowest BCUT2D eigenvalue weighted by atomic mass is 10.0. The first-order chi connectivity index (χ1) is 16.5. The first kappa shape index (κ1) is 20.7. The summed E-state index contributed by atoms with van der Waals surface area (Å²) < 4.78 is 11.2. The average molecular weight is 447 g/mol. The lowest BCUT2D eigenvalue weighted by Crippen LogP contribution is -2.30. The van der Waals surface area contributed by atoms with Gasteiger partial charge in [0.1, 0.15) is 11.3 Å². The van der Waals surface area contributed by atoms with E-state index in [1.54, 1.807) is 0 Å². The predicted molar refractivity (Wildman–Crippen MR) is 138 cm³/mol. The van der Waals surface area contributed by atoms with Crippen molar-refractivity contribution in [2.45, 2.75) is 27.2 Å². The highest BCUT2D eigenvalue weighted by Crippen LogP contribution is 2.38. The highest BCUT2D eigenvalue weighted by Gasteiger charge is 2.30. The molecule has 3 aromatic heterocycles. The number of nitrogens with zero attached hydrogens (tertiary/aromatic N) is 3. The molecule has 34 heavy (non-hydrogen) atoms. The number of pyridine rings is 1. The van der Waals surface area contributed by atoms with Crippen molar-refractivity contribution < 1.29 is 8.98 Å². The van der Waals surface area contributed by atoms with Gasteiger partial charge in [-0.3, -0.25) is 0 Å². The second-order valence-corrected chi connectivity index (χ2v) is 9.53. The summed E-state index contributed by atoms with van der Waals surface area (Å²) >= 11 is 0. The van der Waals surface area contributed by atoms with Gasteiger partial charge in [0.25, 0.3) is 5.82 Å². The number of aryl methyl sites for hydroxylation is 2. The van der Waals surface area contributed by atoms with Crippen molar-refractivity contribution >= 4 is 33.1 Å². The number of fused-ring (bicyclic) bond motifs is 4. The molecule has 0 unspecified atom stereocenters. The van der Waals surface area contributed by atoms with E-state index in [0.29, 0.717) is 11.6 Å². The highest BCUT2D eigenvalue weighted by molar-refractivity contribution is 6.09. The molecule has 0 spiro atoms. The van der Waals surface area contributed by atoms with Crippen molar-refractivity contribution in [2.24, 2.45) is 13.0 Å². The molecule has 0 N–H and O–H groups in total. The third kappa shape index (κ3) is 3.13. The fourth-order valence-corrected chi connectivity index (χ4v) is 5.10. The lowest BCUT2D eigenvalue weighted by molar-refractivity contribution is -0.633. The molecular formula is C30H28N3O+. The van der Waals surface area contributed by atoms with E-state index in [0.717, 1.165) is 51.1 Å². The van der Waals surface area contributed by atoms with Crippen molar-refractivity contribution in [3.05, 3.63) is 90.1 Å². The van der Waals surface area contributed by atoms with E-state index in [-0.39, 0.29) is 0 Å². The van der Waals surface area contributed by atoms with E-state index >= 15 is 0 Å². The van der Waals surface area contributed by atoms with E-state index in [1.807, 2.05) is 0 Å². The Morgan fingerprint density at radius 2 is 1.62 bits per heavy atom. The van der Waals surface area contributed by atoms with E-state index in [9.17, 15) is 0 Å². The van der Waals surface area contributed by atoms with Crippen LogP contribution in [0.4, 0.5) is 0 Å². The van der Waals surface area contributed by atoms with Gasteiger partial charge in [-0.25, -0.2) is 9.55 Å². The predicted octanol–water partition coefficient (Wildman–Crippen LogP) is 6.92. The maximum absolute atomic E-state index is 6.55. The third-order valence-electron chi connectivity index (χ3n) is 6.64. The summed E-state index contributed by atoms with van der Waals surface area (Å²) in [5, 5.41) is 2.16. The number of hydrogen-bond donors (Lipinski definition) is 0. The Bertz CT molecular complexity index is 1670. The SMILES string of the molecule is Cc1ccc2c(oc3nc(CC(C)C)ccc32)c1-c1n(-c2ccccc2)c2ccccc2[n+]1C. The Kier molecular flexibility index (Phi) is 4.77. The minimum absolute atomic E-state index is 0.549. The summed E-state index contributed by atoms with van der Waals surface area (Å²) in [5.41, 5.74) is 8.41. The minimum atomic E-state index is 0.549. The molecule has 0 bridgehead atoms. The molecule has 6 aromatic rings. The Hall–Kier alpha value is -3.92. The molecule has 4 nitrogen and oxygen atoms in total. The average Bonchev–Trinajstić information content (AvgIpc) is 3.34. The first-order valence-corrected chi connectivity index (χ1v) is 11.9. The number of rotatable bonds is 4. The third-order valence-corrected chi connectivity index (χ3v) is 6.64. The van der Waals surface area contributed by atoms with Crippen molar-refractivity contribution in [2.75, 3.05) is 0 Å². The van der Waals surface area contributed by atoms with Gasteiger partial charge < -0.3 is 4.42 Å². The smallest absolute Gasteiger partial charge is 0.298 e. The van der Waals surface area contributed by atoms with Crippen LogP contribution in [0.5, 0.6) is 0 Å². The fourth-order valence-electron chi connectivity index (χ4n) is 5.10. The molecular weight excluding hydrogens is 418 g/mol. The lowest BCUT2D eigenvalue weighted by Gasteiger charge is -2.07. The maximum atomic E-state index is 6.55. The molecule has 0 radical (unpaired) electrons. The zero-order valence-electron chi connectivity index (χ0n) is 20.0. The van der Waals surface area contributed by atoms with E-state index in [4.69, 9.17) is 9.40 Å². The Balaban J connectivity index is 1.71. The number of para-hydroxylation sites is 3. The van der Waals surface area contributed by atoms with Crippen molar-refractivity contribution in [1.29, 1.82) is 0 Å². The molecule has 3 heterocycles. The van der Waals surface area contributed by atoms with Gasteiger partial charge in [0, 0.05) is 16.5 Å². The summed E-state index contributed by atoms with van der Waals surface area (Å²) in [5.74, 6) is 1.64. The summed E-state index contributed by atoms with van der Waals surface area (Å²) in [6.07, 6.45) is 0.941. The normalized spacial score (nSPS) is 11.9. The van der Waals surface area contributed by atoms with Crippen LogP contribution in [-0.2, 0) is 13.5 Å². The Morgan fingerprint density at radius 1 is 0.882 bits per heavy atom. The second-order valence-electron chi connectivity index (χ2n) is 9.53. The second kappa shape index (κ2) is 7.84. The Morgan fingerprint density at radius 3 is 2.41 bits per heavy atom. The van der Waals surface area contributed by atoms with Gasteiger partial charge in [0.2, 0.25) is 5.71 Å². The van der Waals surface area contributed by atoms with Gasteiger partial charge in [-0.15, -0.1) is 0 Å². The number of benzene rings is 3. The minimum Gasteiger partial charge on any atom is -0.437 e. The molecule has 0 fully saturated rings. The number of hydrogen-bond acceptors (Lipinski definition) is 2. The van der Waals surface area contributed by atoms with Crippen molar-refractivity contribution in [1.82, 2.24) is 9.55 Å². The maximum Gasteiger partial charge on any atom is 0.298 e. The number of furan rings is 1. The van der Waals surface area contributed by atoms with Crippen LogP contribution >= 0.6 is 0 Å². The molecule has 0 saturated carbocycles. The van der Waals surface area contributed by atoms with Gasteiger partial charge in [-0.2, -0.15) is 4.57 Å². The van der Waals surface area contributed by atoms with Crippen LogP contribution < -0.4 is 4.57 Å². The molecule has 6 rings (SSSR count). The van der Waals surface area contributed by atoms with Gasteiger partial charge >= 0.3 is 0 Å². The van der Waals surface area contributed by atoms with Crippen molar-refractivity contribution in [3.63, 3.8) is 0 Å². The van der Waals surface area contributed by atoms with Crippen LogP contribution in [0, 0.1) is 12.8 Å². The van der Waals surface area contributed by atoms with Crippen LogP contribution in [0.3, 0.4) is 0 Å². The molecule has 0 atom stereocenters. The van der Waals surface area contributed by atoms with Gasteiger partial charge in [-0.05, 0) is 61.2 Å². The summed E-state index contributed by atoms with van der Waals surface area (Å²) in [6, 6.07) is 27.7. The van der Waals surface area contributed by atoms with Crippen LogP contribution in [0.15, 0.2) is 83.3 Å². The highest BCUT2D eigenvalue weighted by atomic mass is 16.3. The van der Waals surface area contributed by atoms with Gasteiger partial charge in [0.05, 0.1) is 7.05 Å². The quantitative estimate of drug-likeness (QED) is 0.275. The molecule has 0 aliphatic carbocycles. The van der Waals surface area contributed by atoms with Crippen LogP contribution in [0.25, 0.3) is 50.2 Å². The molecule has 168 valence electrons. The number of imidazole rings is 1. The zero-order valence-corrected chi connectivity index (χ0v) is 20.0. The van der Waals surface area contributed by atoms with E-state index in [2.05, 4.69) is 116 Å². The zero-order chi connectivity index (χ0) is 23.4. The molecule has 0 saturated heterocycles. The summed E-state index contributed by atoms with van der Waals surface area (Å²) in [7, 11) is 2.14. The molecule has 0 aliphatic heterocycles. The van der Waals surface area contributed by atoms with Crippen molar-refractivity contribution in [3.8, 4) is 17.1 Å². The Labute approximate surface area is 199 Å². The molecule has 0 amide bonds. The first-order valence-electron chi connectivity index (χ1n) is 11.9. The molecule has 4 heteroatoms. The standard InChI is InChI=1S/C30H28N3O/c1-19(2)18-21-15-17-24-23-16-14-20(3)27(28(23)34-29(24)31-21)30-32(4)25-12-8-9-13-26(25)33(30)22-10-6-5-7-11-22/h5-17,19H,18H2,1-4H3/q+1. The van der Waals surface area contributed by atoms with Crippen LogP contribution in [-0.4, -0.2) is 9.55 Å². The van der Waals surface area contributed by atoms with E-state index < -0.39 is 0 Å². The van der Waals surface area contributed by atoms with Crippen LogP contribution in [0.1, 0.15) is 25.1 Å². The molecule has 0 aliphatic rings. The van der Waals surface area contributed by atoms with Gasteiger partial charge in [0.15, 0.2) is 16.6 Å². The topological polar surface area (TPSA) is 34.8 Å².